The quantitative estimate of drug-likeness (QED) is 0.849. The number of ether oxygens (including phenoxy) is 1. The third-order valence-corrected chi connectivity index (χ3v) is 3.67. The minimum absolute atomic E-state index is 0.480. The standard InChI is InChI=1S/C13H21BrN2O/c1-9(2)10(7-15)8-16-13-6-11(17-3)4-5-12(13)14/h4-6,9-10,16H,7-8,15H2,1-3H3. The Balaban J connectivity index is 2.67. The normalized spacial score (nSPS) is 12.6. The fraction of sp³-hybridized carbons (Fsp3) is 0.538. The summed E-state index contributed by atoms with van der Waals surface area (Å²) in [4.78, 5) is 0. The molecule has 0 radical (unpaired) electrons. The number of methoxy groups -OCH3 is 1. The third-order valence-electron chi connectivity index (χ3n) is 2.97. The van der Waals surface area contributed by atoms with Crippen LogP contribution in [-0.2, 0) is 0 Å². The Morgan fingerprint density at radius 1 is 1.41 bits per heavy atom. The number of anilines is 1. The fourth-order valence-corrected chi connectivity index (χ4v) is 1.99. The highest BCUT2D eigenvalue weighted by atomic mass is 79.9. The lowest BCUT2D eigenvalue weighted by Gasteiger charge is -2.20. The van der Waals surface area contributed by atoms with E-state index in [1.54, 1.807) is 7.11 Å². The average Bonchev–Trinajstić information content (AvgIpc) is 2.31. The van der Waals surface area contributed by atoms with Crippen LogP contribution in [0.2, 0.25) is 0 Å². The largest absolute Gasteiger partial charge is 0.497 e. The molecule has 0 bridgehead atoms. The first-order valence-electron chi connectivity index (χ1n) is 5.86. The number of rotatable bonds is 6. The zero-order valence-corrected chi connectivity index (χ0v) is 12.3. The van der Waals surface area contributed by atoms with Crippen LogP contribution in [-0.4, -0.2) is 20.2 Å². The summed E-state index contributed by atoms with van der Waals surface area (Å²) in [7, 11) is 1.67. The van der Waals surface area contributed by atoms with Gasteiger partial charge in [0.1, 0.15) is 5.75 Å². The molecular formula is C13H21BrN2O. The smallest absolute Gasteiger partial charge is 0.121 e. The molecule has 0 heterocycles. The number of nitrogens with one attached hydrogen (secondary N) is 1. The summed E-state index contributed by atoms with van der Waals surface area (Å²) in [6.45, 7) is 5.96. The molecule has 1 atom stereocenters. The van der Waals surface area contributed by atoms with Gasteiger partial charge in [0.25, 0.3) is 0 Å². The van der Waals surface area contributed by atoms with Crippen molar-refractivity contribution in [1.29, 1.82) is 0 Å². The maximum absolute atomic E-state index is 5.76. The molecule has 0 saturated heterocycles. The van der Waals surface area contributed by atoms with E-state index in [0.717, 1.165) is 22.5 Å². The first-order chi connectivity index (χ1) is 8.08. The Morgan fingerprint density at radius 3 is 2.65 bits per heavy atom. The molecular weight excluding hydrogens is 280 g/mol. The van der Waals surface area contributed by atoms with Gasteiger partial charge in [-0.05, 0) is 46.4 Å². The van der Waals surface area contributed by atoms with E-state index in [2.05, 4.69) is 35.1 Å². The van der Waals surface area contributed by atoms with Crippen LogP contribution >= 0.6 is 15.9 Å². The van der Waals surface area contributed by atoms with E-state index >= 15 is 0 Å². The van der Waals surface area contributed by atoms with Crippen molar-refractivity contribution < 1.29 is 4.74 Å². The van der Waals surface area contributed by atoms with E-state index in [4.69, 9.17) is 10.5 Å². The molecule has 0 fully saturated rings. The SMILES string of the molecule is COc1ccc(Br)c(NCC(CN)C(C)C)c1. The lowest BCUT2D eigenvalue weighted by molar-refractivity contribution is 0.411. The maximum atomic E-state index is 5.76. The van der Waals surface area contributed by atoms with Gasteiger partial charge in [-0.15, -0.1) is 0 Å². The van der Waals surface area contributed by atoms with Gasteiger partial charge in [0, 0.05) is 17.1 Å². The highest BCUT2D eigenvalue weighted by molar-refractivity contribution is 9.10. The zero-order valence-electron chi connectivity index (χ0n) is 10.7. The molecule has 0 spiro atoms. The topological polar surface area (TPSA) is 47.3 Å². The van der Waals surface area contributed by atoms with Gasteiger partial charge >= 0.3 is 0 Å². The molecule has 0 aliphatic heterocycles. The predicted octanol–water partition coefficient (Wildman–Crippen LogP) is 3.10. The maximum Gasteiger partial charge on any atom is 0.121 e. The van der Waals surface area contributed by atoms with Crippen LogP contribution in [0.4, 0.5) is 5.69 Å². The van der Waals surface area contributed by atoms with Crippen molar-refractivity contribution >= 4 is 21.6 Å². The molecule has 3 N–H and O–H groups in total. The van der Waals surface area contributed by atoms with E-state index in [0.29, 0.717) is 18.4 Å². The molecule has 96 valence electrons. The Hall–Kier alpha value is -0.740. The van der Waals surface area contributed by atoms with Gasteiger partial charge in [-0.1, -0.05) is 13.8 Å². The Labute approximate surface area is 112 Å². The summed E-state index contributed by atoms with van der Waals surface area (Å²) in [5.41, 5.74) is 6.80. The molecule has 0 aromatic heterocycles. The minimum atomic E-state index is 0.480. The first kappa shape index (κ1) is 14.3. The zero-order chi connectivity index (χ0) is 12.8. The summed E-state index contributed by atoms with van der Waals surface area (Å²) in [6, 6.07) is 5.89. The fourth-order valence-electron chi connectivity index (χ4n) is 1.60. The van der Waals surface area contributed by atoms with Crippen molar-refractivity contribution in [2.75, 3.05) is 25.5 Å². The molecule has 0 aliphatic rings. The Kier molecular flexibility index (Phi) is 5.78. The van der Waals surface area contributed by atoms with E-state index in [9.17, 15) is 0 Å². The third kappa shape index (κ3) is 4.21. The second-order valence-electron chi connectivity index (χ2n) is 4.47. The predicted molar refractivity (Wildman–Crippen MR) is 76.6 cm³/mol. The lowest BCUT2D eigenvalue weighted by Crippen LogP contribution is -2.27. The van der Waals surface area contributed by atoms with Crippen LogP contribution in [0.1, 0.15) is 13.8 Å². The second-order valence-corrected chi connectivity index (χ2v) is 5.32. The second kappa shape index (κ2) is 6.87. The van der Waals surface area contributed by atoms with E-state index in [1.807, 2.05) is 18.2 Å². The molecule has 4 heteroatoms. The number of benzene rings is 1. The summed E-state index contributed by atoms with van der Waals surface area (Å²) in [6.07, 6.45) is 0. The van der Waals surface area contributed by atoms with Gasteiger partial charge in [0.15, 0.2) is 0 Å². The monoisotopic (exact) mass is 300 g/mol. The highest BCUT2D eigenvalue weighted by Gasteiger charge is 2.11. The van der Waals surface area contributed by atoms with E-state index in [-0.39, 0.29) is 0 Å². The van der Waals surface area contributed by atoms with Crippen LogP contribution in [0.15, 0.2) is 22.7 Å². The summed E-state index contributed by atoms with van der Waals surface area (Å²) < 4.78 is 6.24. The molecule has 1 aromatic rings. The molecule has 17 heavy (non-hydrogen) atoms. The van der Waals surface area contributed by atoms with Crippen molar-refractivity contribution in [3.8, 4) is 5.75 Å². The van der Waals surface area contributed by atoms with Crippen molar-refractivity contribution in [2.45, 2.75) is 13.8 Å². The number of hydrogen-bond donors (Lipinski definition) is 2. The van der Waals surface area contributed by atoms with Crippen molar-refractivity contribution in [3.63, 3.8) is 0 Å². The van der Waals surface area contributed by atoms with Gasteiger partial charge in [-0.3, -0.25) is 0 Å². The number of halogens is 1. The molecule has 0 saturated carbocycles. The Morgan fingerprint density at radius 2 is 2.12 bits per heavy atom. The van der Waals surface area contributed by atoms with Gasteiger partial charge in [-0.25, -0.2) is 0 Å². The molecule has 0 amide bonds. The van der Waals surface area contributed by atoms with Crippen LogP contribution in [0.25, 0.3) is 0 Å². The van der Waals surface area contributed by atoms with Crippen LogP contribution in [0.5, 0.6) is 5.75 Å². The van der Waals surface area contributed by atoms with E-state index in [1.165, 1.54) is 0 Å². The van der Waals surface area contributed by atoms with Gasteiger partial charge in [0.05, 0.1) is 12.8 Å². The average molecular weight is 301 g/mol. The van der Waals surface area contributed by atoms with E-state index < -0.39 is 0 Å². The summed E-state index contributed by atoms with van der Waals surface area (Å²) in [5.74, 6) is 1.91. The Bertz CT molecular complexity index is 355. The van der Waals surface area contributed by atoms with Gasteiger partial charge in [0.2, 0.25) is 0 Å². The molecule has 1 aromatic carbocycles. The number of hydrogen-bond acceptors (Lipinski definition) is 3. The van der Waals surface area contributed by atoms with Gasteiger partial charge in [-0.2, -0.15) is 0 Å². The van der Waals surface area contributed by atoms with Crippen LogP contribution in [0, 0.1) is 11.8 Å². The lowest BCUT2D eigenvalue weighted by atomic mass is 9.96. The number of nitrogens with two attached hydrogens (primary N) is 1. The van der Waals surface area contributed by atoms with Crippen LogP contribution < -0.4 is 15.8 Å². The van der Waals surface area contributed by atoms with Crippen molar-refractivity contribution in [3.05, 3.63) is 22.7 Å². The molecule has 1 rings (SSSR count). The van der Waals surface area contributed by atoms with Crippen LogP contribution in [0.3, 0.4) is 0 Å². The molecule has 1 unspecified atom stereocenters. The van der Waals surface area contributed by atoms with Gasteiger partial charge < -0.3 is 15.8 Å². The summed E-state index contributed by atoms with van der Waals surface area (Å²) in [5, 5.41) is 3.41. The molecule has 0 aliphatic carbocycles. The highest BCUT2D eigenvalue weighted by Crippen LogP contribution is 2.27. The minimum Gasteiger partial charge on any atom is -0.497 e. The van der Waals surface area contributed by atoms with Crippen molar-refractivity contribution in [2.24, 2.45) is 17.6 Å². The summed E-state index contributed by atoms with van der Waals surface area (Å²) >= 11 is 3.52. The molecule has 3 nitrogen and oxygen atoms in total. The first-order valence-corrected chi connectivity index (χ1v) is 6.65. The van der Waals surface area contributed by atoms with Crippen molar-refractivity contribution in [1.82, 2.24) is 0 Å².